The lowest BCUT2D eigenvalue weighted by atomic mass is 10.0. The first kappa shape index (κ1) is 21.9. The topological polar surface area (TPSA) is 90.7 Å². The Morgan fingerprint density at radius 2 is 1.67 bits per heavy atom. The van der Waals surface area contributed by atoms with Gasteiger partial charge in [-0.2, -0.15) is 15.5 Å². The van der Waals surface area contributed by atoms with Gasteiger partial charge in [-0.3, -0.25) is 4.79 Å². The lowest BCUT2D eigenvalue weighted by Crippen LogP contribution is -2.34. The van der Waals surface area contributed by atoms with Crippen LogP contribution in [-0.2, 0) is 11.2 Å². The molecule has 6 nitrogen and oxygen atoms in total. The summed E-state index contributed by atoms with van der Waals surface area (Å²) in [6.07, 6.45) is 2.38. The lowest BCUT2D eigenvalue weighted by Gasteiger charge is -2.19. The molecule has 6 heteroatoms. The van der Waals surface area contributed by atoms with E-state index in [0.29, 0.717) is 17.8 Å². The van der Waals surface area contributed by atoms with Crippen molar-refractivity contribution in [1.82, 2.24) is 15.5 Å². The molecular weight excluding hydrogens is 410 g/mol. The highest BCUT2D eigenvalue weighted by Gasteiger charge is 2.20. The van der Waals surface area contributed by atoms with Gasteiger partial charge in [0.15, 0.2) is 0 Å². The second kappa shape index (κ2) is 10.8. The number of nitrogens with zero attached hydrogens (tertiary/aromatic N) is 3. The lowest BCUT2D eigenvalue weighted by molar-refractivity contribution is -0.118. The largest absolute Gasteiger partial charge is 0.324 e. The average Bonchev–Trinajstić information content (AvgIpc) is 2.88. The van der Waals surface area contributed by atoms with Crippen LogP contribution in [0.4, 0.5) is 5.69 Å². The number of anilines is 1. The summed E-state index contributed by atoms with van der Waals surface area (Å²) in [5, 5.41) is 23.3. The van der Waals surface area contributed by atoms with Crippen molar-refractivity contribution in [1.29, 1.82) is 5.26 Å². The van der Waals surface area contributed by atoms with Gasteiger partial charge in [-0.15, -0.1) is 0 Å². The van der Waals surface area contributed by atoms with E-state index in [2.05, 4.69) is 26.9 Å². The van der Waals surface area contributed by atoms with Crippen LogP contribution >= 0.6 is 0 Å². The maximum absolute atomic E-state index is 13.2. The Kier molecular flexibility index (Phi) is 7.16. The van der Waals surface area contributed by atoms with Gasteiger partial charge in [0.25, 0.3) is 0 Å². The summed E-state index contributed by atoms with van der Waals surface area (Å²) in [6.45, 7) is 0.616. The molecule has 0 aliphatic carbocycles. The van der Waals surface area contributed by atoms with Crippen LogP contribution < -0.4 is 10.6 Å². The molecule has 0 aliphatic heterocycles. The first-order valence-electron chi connectivity index (χ1n) is 10.7. The molecule has 0 unspecified atom stereocenters. The Labute approximate surface area is 192 Å². The third kappa shape index (κ3) is 5.88. The van der Waals surface area contributed by atoms with Crippen LogP contribution in [0.2, 0.25) is 0 Å². The van der Waals surface area contributed by atoms with Gasteiger partial charge in [0.05, 0.1) is 17.3 Å². The van der Waals surface area contributed by atoms with E-state index in [1.807, 2.05) is 78.9 Å². The van der Waals surface area contributed by atoms with Crippen LogP contribution in [0.3, 0.4) is 0 Å². The number of carbonyl (C=O) groups is 1. The SMILES string of the molecule is N#Cc1ccc(CCN[C@@H](C(=O)Nc2ccc(-c3cccnn3)cc2)c2ccccc2)cc1. The van der Waals surface area contributed by atoms with Crippen molar-refractivity contribution in [3.05, 3.63) is 114 Å². The van der Waals surface area contributed by atoms with Crippen molar-refractivity contribution in [3.63, 3.8) is 0 Å². The van der Waals surface area contributed by atoms with Gasteiger partial charge < -0.3 is 10.6 Å². The maximum atomic E-state index is 13.2. The summed E-state index contributed by atoms with van der Waals surface area (Å²) in [4.78, 5) is 13.2. The third-order valence-corrected chi connectivity index (χ3v) is 5.26. The average molecular weight is 434 g/mol. The summed E-state index contributed by atoms with van der Waals surface area (Å²) in [5.41, 5.74) is 5.06. The third-order valence-electron chi connectivity index (χ3n) is 5.26. The number of benzene rings is 3. The van der Waals surface area contributed by atoms with E-state index >= 15 is 0 Å². The number of amides is 1. The minimum atomic E-state index is -0.496. The van der Waals surface area contributed by atoms with Gasteiger partial charge in [0.2, 0.25) is 5.91 Å². The normalized spacial score (nSPS) is 11.4. The fraction of sp³-hybridized carbons (Fsp3) is 0.111. The van der Waals surface area contributed by atoms with Crippen LogP contribution in [0.25, 0.3) is 11.3 Å². The van der Waals surface area contributed by atoms with Crippen molar-refractivity contribution < 1.29 is 4.79 Å². The second-order valence-corrected chi connectivity index (χ2v) is 7.53. The first-order valence-corrected chi connectivity index (χ1v) is 10.7. The fourth-order valence-corrected chi connectivity index (χ4v) is 3.51. The molecule has 162 valence electrons. The zero-order chi connectivity index (χ0) is 22.9. The van der Waals surface area contributed by atoms with Gasteiger partial charge >= 0.3 is 0 Å². The number of hydrogen-bond donors (Lipinski definition) is 2. The number of nitrogens with one attached hydrogen (secondary N) is 2. The fourth-order valence-electron chi connectivity index (χ4n) is 3.51. The highest BCUT2D eigenvalue weighted by Crippen LogP contribution is 2.20. The van der Waals surface area contributed by atoms with Crippen molar-refractivity contribution >= 4 is 11.6 Å². The number of carbonyl (C=O) groups excluding carboxylic acids is 1. The summed E-state index contributed by atoms with van der Waals surface area (Å²) in [7, 11) is 0. The highest BCUT2D eigenvalue weighted by atomic mass is 16.2. The molecule has 0 saturated heterocycles. The summed E-state index contributed by atoms with van der Waals surface area (Å²) < 4.78 is 0. The number of hydrogen-bond acceptors (Lipinski definition) is 5. The minimum absolute atomic E-state index is 0.131. The molecule has 0 spiro atoms. The van der Waals surface area contributed by atoms with E-state index in [-0.39, 0.29) is 5.91 Å². The predicted molar refractivity (Wildman–Crippen MR) is 128 cm³/mol. The van der Waals surface area contributed by atoms with E-state index in [9.17, 15) is 4.79 Å². The van der Waals surface area contributed by atoms with Gasteiger partial charge in [0, 0.05) is 24.0 Å². The maximum Gasteiger partial charge on any atom is 0.246 e. The molecule has 0 fully saturated rings. The molecule has 0 saturated carbocycles. The van der Waals surface area contributed by atoms with E-state index in [1.165, 1.54) is 0 Å². The molecule has 1 aromatic heterocycles. The van der Waals surface area contributed by atoms with Crippen molar-refractivity contribution in [2.75, 3.05) is 11.9 Å². The molecule has 1 amide bonds. The molecule has 1 atom stereocenters. The molecule has 3 aromatic carbocycles. The predicted octanol–water partition coefficient (Wildman–Crippen LogP) is 4.53. The van der Waals surface area contributed by atoms with Crippen LogP contribution in [0, 0.1) is 11.3 Å². The van der Waals surface area contributed by atoms with Crippen LogP contribution in [0.15, 0.2) is 97.2 Å². The van der Waals surface area contributed by atoms with Gasteiger partial charge in [-0.1, -0.05) is 54.6 Å². The molecule has 4 rings (SSSR count). The number of nitriles is 1. The van der Waals surface area contributed by atoms with E-state index in [4.69, 9.17) is 5.26 Å². The minimum Gasteiger partial charge on any atom is -0.324 e. The van der Waals surface area contributed by atoms with Gasteiger partial charge in [0.1, 0.15) is 6.04 Å². The van der Waals surface area contributed by atoms with Crippen LogP contribution in [0.5, 0.6) is 0 Å². The monoisotopic (exact) mass is 433 g/mol. The number of rotatable bonds is 8. The molecule has 0 radical (unpaired) electrons. The molecule has 2 N–H and O–H groups in total. The Morgan fingerprint density at radius 1 is 0.909 bits per heavy atom. The molecule has 0 aliphatic rings. The van der Waals surface area contributed by atoms with E-state index in [1.54, 1.807) is 18.3 Å². The van der Waals surface area contributed by atoms with E-state index < -0.39 is 6.04 Å². The van der Waals surface area contributed by atoms with Crippen LogP contribution in [0.1, 0.15) is 22.7 Å². The Hall–Kier alpha value is -4.34. The quantitative estimate of drug-likeness (QED) is 0.426. The molecule has 1 heterocycles. The van der Waals surface area contributed by atoms with E-state index in [0.717, 1.165) is 28.8 Å². The van der Waals surface area contributed by atoms with Crippen molar-refractivity contribution in [2.45, 2.75) is 12.5 Å². The second-order valence-electron chi connectivity index (χ2n) is 7.53. The summed E-state index contributed by atoms with van der Waals surface area (Å²) in [6, 6.07) is 30.1. The smallest absolute Gasteiger partial charge is 0.246 e. The highest BCUT2D eigenvalue weighted by molar-refractivity contribution is 5.95. The zero-order valence-electron chi connectivity index (χ0n) is 18.0. The molecule has 33 heavy (non-hydrogen) atoms. The molecular formula is C27H23N5O. The Balaban J connectivity index is 1.43. The standard InChI is InChI=1S/C27H23N5O/c28-19-21-10-8-20(9-11-21)16-18-29-26(23-5-2-1-3-6-23)27(33)31-24-14-12-22(13-15-24)25-7-4-17-30-32-25/h1-15,17,26,29H,16,18H2,(H,31,33)/t26-/m1/s1. The van der Waals surface area contributed by atoms with Crippen molar-refractivity contribution in [2.24, 2.45) is 0 Å². The zero-order valence-corrected chi connectivity index (χ0v) is 18.0. The Morgan fingerprint density at radius 3 is 2.33 bits per heavy atom. The van der Waals surface area contributed by atoms with Crippen molar-refractivity contribution in [3.8, 4) is 17.3 Å². The van der Waals surface area contributed by atoms with Crippen LogP contribution in [-0.4, -0.2) is 22.6 Å². The summed E-state index contributed by atoms with van der Waals surface area (Å²) >= 11 is 0. The Bertz CT molecular complexity index is 1220. The van der Waals surface area contributed by atoms with Gasteiger partial charge in [-0.25, -0.2) is 0 Å². The molecule has 0 bridgehead atoms. The summed E-state index contributed by atoms with van der Waals surface area (Å²) in [5.74, 6) is -0.131. The molecule has 4 aromatic rings. The first-order chi connectivity index (χ1) is 16.2. The number of aromatic nitrogens is 2. The van der Waals surface area contributed by atoms with Gasteiger partial charge in [-0.05, 0) is 53.9 Å².